The summed E-state index contributed by atoms with van der Waals surface area (Å²) in [6.07, 6.45) is 3.95. The van der Waals surface area contributed by atoms with E-state index in [1.807, 2.05) is 19.1 Å². The van der Waals surface area contributed by atoms with Crippen LogP contribution in [0, 0.1) is 5.41 Å². The molecule has 2 fully saturated rings. The maximum Gasteiger partial charge on any atom is 0.329 e. The Hall–Kier alpha value is -7.44. The Morgan fingerprint density at radius 3 is 2.32 bits per heavy atom. The molecular formula is C55H67N5O14. The van der Waals surface area contributed by atoms with Crippen molar-refractivity contribution in [3.63, 3.8) is 0 Å². The number of fused-ring (bicyclic) bond motifs is 1. The Kier molecular flexibility index (Phi) is 18.9. The summed E-state index contributed by atoms with van der Waals surface area (Å²) >= 11 is 0. The molecule has 3 N–H and O–H groups in total. The van der Waals surface area contributed by atoms with Crippen molar-refractivity contribution >= 4 is 64.6 Å². The predicted octanol–water partition coefficient (Wildman–Crippen LogP) is 6.14. The summed E-state index contributed by atoms with van der Waals surface area (Å²) in [6.45, 7) is 6.80. The number of nitrogens with zero attached hydrogens (tertiary/aromatic N) is 2. The van der Waals surface area contributed by atoms with Gasteiger partial charge in [-0.3, -0.25) is 53.4 Å². The minimum absolute atomic E-state index is 0.00501. The smallest absolute Gasteiger partial charge is 0.329 e. The lowest BCUT2D eigenvalue weighted by atomic mass is 9.84. The number of amides is 7. The van der Waals surface area contributed by atoms with Gasteiger partial charge in [0.05, 0.1) is 25.3 Å². The standard InChI is InChI=1S/C55H67N5O14/c1-7-54(2,3)48(65)51(68)59-30-12-10-19-39(59)52(69)74-40(24-21-34-22-25-41(71-5)43(31-34)72-6)35-15-13-16-36(32-35)57-44(62)26-23-37(61)17-9-8-11-29-56-46(64)33-73-42-20-14-18-38-47(42)50(67)60(49(38)66)55(4)28-27-45(63)58-53(55)70/h13-16,18,20,22,25,31-32,39-40H,7-12,17,19,21,23-24,26-30,33H2,1-6H3,(H,56,64)(H,57,62)(H,58,63,70)/t39-,40+,55+/m0/s1. The number of hydrogen-bond acceptors (Lipinski definition) is 14. The number of nitrogens with one attached hydrogen (secondary N) is 3. The third kappa shape index (κ3) is 13.4. The van der Waals surface area contributed by atoms with Crippen molar-refractivity contribution in [3.8, 4) is 17.2 Å². The fraction of sp³-hybridized carbons (Fsp3) is 0.491. The Morgan fingerprint density at radius 2 is 1.59 bits per heavy atom. The normalized spacial score (nSPS) is 17.9. The predicted molar refractivity (Wildman–Crippen MR) is 269 cm³/mol. The van der Waals surface area contributed by atoms with Crippen LogP contribution in [0.5, 0.6) is 17.2 Å². The molecule has 3 atom stereocenters. The lowest BCUT2D eigenvalue weighted by Gasteiger charge is -2.38. The topological polar surface area (TPSA) is 250 Å². The fourth-order valence-corrected chi connectivity index (χ4v) is 9.14. The minimum atomic E-state index is -1.57. The van der Waals surface area contributed by atoms with Crippen LogP contribution in [-0.4, -0.2) is 114 Å². The number of carbonyl (C=O) groups excluding carboxylic acids is 10. The fourth-order valence-electron chi connectivity index (χ4n) is 9.14. The Bertz CT molecular complexity index is 2660. The first-order valence-corrected chi connectivity index (χ1v) is 25.3. The number of benzene rings is 3. The van der Waals surface area contributed by atoms with Gasteiger partial charge in [-0.05, 0) is 112 Å². The van der Waals surface area contributed by atoms with Gasteiger partial charge in [-0.15, -0.1) is 0 Å². The van der Waals surface area contributed by atoms with Gasteiger partial charge in [0.15, 0.2) is 18.1 Å². The molecule has 3 aliphatic rings. The minimum Gasteiger partial charge on any atom is -0.493 e. The first-order valence-electron chi connectivity index (χ1n) is 25.3. The number of esters is 1. The van der Waals surface area contributed by atoms with Crippen molar-refractivity contribution in [1.29, 1.82) is 0 Å². The molecule has 0 saturated carbocycles. The van der Waals surface area contributed by atoms with Crippen molar-refractivity contribution < 1.29 is 66.9 Å². The number of likely N-dealkylation sites (tertiary alicyclic amines) is 1. The van der Waals surface area contributed by atoms with Crippen molar-refractivity contribution in [2.24, 2.45) is 5.41 Å². The monoisotopic (exact) mass is 1020 g/mol. The number of unbranched alkanes of at least 4 members (excludes halogenated alkanes) is 2. The molecule has 0 aromatic heterocycles. The zero-order valence-corrected chi connectivity index (χ0v) is 43.1. The molecule has 0 aliphatic carbocycles. The van der Waals surface area contributed by atoms with Gasteiger partial charge >= 0.3 is 5.97 Å². The lowest BCUT2D eigenvalue weighted by Crippen LogP contribution is -2.62. The van der Waals surface area contributed by atoms with Crippen molar-refractivity contribution in [2.45, 2.75) is 135 Å². The van der Waals surface area contributed by atoms with Gasteiger partial charge in [-0.1, -0.05) is 51.5 Å². The first-order chi connectivity index (χ1) is 35.3. The Morgan fingerprint density at radius 1 is 0.838 bits per heavy atom. The number of Topliss-reactive ketones (excluding diaryl/α,β-unsaturated/α-hetero) is 2. The lowest BCUT2D eigenvalue weighted by molar-refractivity contribution is -0.164. The summed E-state index contributed by atoms with van der Waals surface area (Å²) in [4.78, 5) is 133. The van der Waals surface area contributed by atoms with E-state index in [9.17, 15) is 47.9 Å². The summed E-state index contributed by atoms with van der Waals surface area (Å²) in [6, 6.07) is 15.9. The molecule has 396 valence electrons. The Labute approximate surface area is 430 Å². The maximum atomic E-state index is 14.1. The van der Waals surface area contributed by atoms with Crippen molar-refractivity contribution in [1.82, 2.24) is 20.4 Å². The quantitative estimate of drug-likeness (QED) is 0.0373. The van der Waals surface area contributed by atoms with E-state index in [1.165, 1.54) is 30.0 Å². The number of imide groups is 2. The van der Waals surface area contributed by atoms with Crippen LogP contribution >= 0.6 is 0 Å². The molecular weight excluding hydrogens is 955 g/mol. The Balaban J connectivity index is 0.961. The summed E-state index contributed by atoms with van der Waals surface area (Å²) in [7, 11) is 3.09. The number of aryl methyl sites for hydroxylation is 1. The van der Waals surface area contributed by atoms with Crippen molar-refractivity contribution in [2.75, 3.05) is 39.2 Å². The molecule has 2 saturated heterocycles. The van der Waals surface area contributed by atoms with Gasteiger partial charge in [0.25, 0.3) is 29.5 Å². The highest BCUT2D eigenvalue weighted by Gasteiger charge is 2.53. The average molecular weight is 1020 g/mol. The zero-order chi connectivity index (χ0) is 53.7. The number of piperidine rings is 2. The average Bonchev–Trinajstić information content (AvgIpc) is 3.66. The van der Waals surface area contributed by atoms with E-state index < -0.39 is 76.9 Å². The van der Waals surface area contributed by atoms with Crippen LogP contribution in [0.2, 0.25) is 0 Å². The highest BCUT2D eigenvalue weighted by Crippen LogP contribution is 2.38. The molecule has 0 radical (unpaired) electrons. The molecule has 74 heavy (non-hydrogen) atoms. The highest BCUT2D eigenvalue weighted by molar-refractivity contribution is 6.38. The number of hydrogen-bond donors (Lipinski definition) is 3. The van der Waals surface area contributed by atoms with E-state index in [0.29, 0.717) is 80.5 Å². The zero-order valence-electron chi connectivity index (χ0n) is 43.1. The van der Waals surface area contributed by atoms with Gasteiger partial charge in [0.2, 0.25) is 17.6 Å². The molecule has 19 heteroatoms. The number of ketones is 2. The van der Waals surface area contributed by atoms with Crippen LogP contribution in [-0.2, 0) is 49.5 Å². The summed E-state index contributed by atoms with van der Waals surface area (Å²) in [5, 5.41) is 7.78. The third-order valence-corrected chi connectivity index (χ3v) is 14.1. The maximum absolute atomic E-state index is 14.1. The molecule has 0 unspecified atom stereocenters. The second kappa shape index (κ2) is 25.0. The number of methoxy groups -OCH3 is 2. The SMILES string of the molecule is CCC(C)(C)C(=O)C(=O)N1CCCC[C@H]1C(=O)O[C@H](CCc1ccc(OC)c(OC)c1)c1cccc(NC(=O)CCC(=O)CCCCCNC(=O)COc2cccc3c2C(=O)N([C@]2(C)CCC(=O)NC2=O)C3=O)c1. The van der Waals surface area contributed by atoms with Gasteiger partial charge < -0.3 is 34.5 Å². The summed E-state index contributed by atoms with van der Waals surface area (Å²) < 4.78 is 22.8. The number of anilines is 1. The largest absolute Gasteiger partial charge is 0.493 e. The van der Waals surface area contributed by atoms with Crippen LogP contribution in [0.25, 0.3) is 0 Å². The van der Waals surface area contributed by atoms with E-state index in [-0.39, 0.29) is 73.8 Å². The van der Waals surface area contributed by atoms with Crippen molar-refractivity contribution in [3.05, 3.63) is 82.9 Å². The third-order valence-electron chi connectivity index (χ3n) is 14.1. The second-order valence-corrected chi connectivity index (χ2v) is 19.7. The molecule has 3 aliphatic heterocycles. The molecule has 7 amide bonds. The van der Waals surface area contributed by atoms with E-state index in [1.54, 1.807) is 58.4 Å². The van der Waals surface area contributed by atoms with Gasteiger partial charge in [-0.25, -0.2) is 4.79 Å². The van der Waals surface area contributed by atoms with Crippen LogP contribution in [0.15, 0.2) is 60.7 Å². The molecule has 6 rings (SSSR count). The van der Waals surface area contributed by atoms with Crippen LogP contribution in [0.4, 0.5) is 5.69 Å². The molecule has 3 aromatic rings. The molecule has 3 heterocycles. The van der Waals surface area contributed by atoms with E-state index in [0.717, 1.165) is 10.5 Å². The van der Waals surface area contributed by atoms with Gasteiger partial charge in [0.1, 0.15) is 29.2 Å². The number of ether oxygens (including phenoxy) is 4. The molecule has 0 bridgehead atoms. The van der Waals surface area contributed by atoms with E-state index >= 15 is 0 Å². The van der Waals surface area contributed by atoms with Gasteiger partial charge in [-0.2, -0.15) is 0 Å². The van der Waals surface area contributed by atoms with Crippen LogP contribution in [0.1, 0.15) is 149 Å². The van der Waals surface area contributed by atoms with E-state index in [4.69, 9.17) is 18.9 Å². The van der Waals surface area contributed by atoms with Crippen LogP contribution in [0.3, 0.4) is 0 Å². The van der Waals surface area contributed by atoms with Gasteiger partial charge in [0, 0.05) is 49.9 Å². The highest BCUT2D eigenvalue weighted by atomic mass is 16.5. The molecule has 0 spiro atoms. The number of rotatable bonds is 25. The molecule has 3 aromatic carbocycles. The van der Waals surface area contributed by atoms with E-state index in [2.05, 4.69) is 16.0 Å². The van der Waals surface area contributed by atoms with Crippen LogP contribution < -0.4 is 30.2 Å². The number of carbonyl (C=O) groups is 10. The molecule has 19 nitrogen and oxygen atoms in total. The first kappa shape index (κ1) is 55.9. The second-order valence-electron chi connectivity index (χ2n) is 19.7. The summed E-state index contributed by atoms with van der Waals surface area (Å²) in [5.74, 6) is -4.41. The summed E-state index contributed by atoms with van der Waals surface area (Å²) in [5.41, 5.74) is -0.587.